The summed E-state index contributed by atoms with van der Waals surface area (Å²) in [5, 5.41) is 0. The topological polar surface area (TPSA) is 78.9 Å². The lowest BCUT2D eigenvalue weighted by atomic mass is 10.0. The van der Waals surface area contributed by atoms with E-state index < -0.39 is 6.10 Å². The molecule has 0 fully saturated rings. The van der Waals surface area contributed by atoms with Crippen LogP contribution in [0.5, 0.6) is 0 Å². The number of unbranched alkanes of at least 4 members (excludes halogenated alkanes) is 38. The summed E-state index contributed by atoms with van der Waals surface area (Å²) in [6.07, 6.45) is 79.5. The zero-order chi connectivity index (χ0) is 53.6. The number of hydrogen-bond donors (Lipinski definition) is 0. The maximum atomic E-state index is 12.9. The summed E-state index contributed by atoms with van der Waals surface area (Å²) >= 11 is 0. The summed E-state index contributed by atoms with van der Waals surface area (Å²) in [7, 11) is 0. The van der Waals surface area contributed by atoms with Gasteiger partial charge in [0.2, 0.25) is 0 Å². The second kappa shape index (κ2) is 62.6. The maximum Gasteiger partial charge on any atom is 0.306 e. The van der Waals surface area contributed by atoms with E-state index in [4.69, 9.17) is 14.2 Å². The first-order valence-electron chi connectivity index (χ1n) is 32.3. The quantitative estimate of drug-likeness (QED) is 0.0261. The molecule has 0 aromatic carbocycles. The van der Waals surface area contributed by atoms with E-state index >= 15 is 0 Å². The van der Waals surface area contributed by atoms with Crippen LogP contribution in [-0.4, -0.2) is 37.2 Å². The largest absolute Gasteiger partial charge is 0.462 e. The second-order valence-electron chi connectivity index (χ2n) is 21.6. The van der Waals surface area contributed by atoms with E-state index in [1.165, 1.54) is 212 Å². The Labute approximate surface area is 460 Å². The van der Waals surface area contributed by atoms with Crippen molar-refractivity contribution in [1.29, 1.82) is 0 Å². The van der Waals surface area contributed by atoms with E-state index in [9.17, 15) is 14.4 Å². The number of allylic oxidation sites excluding steroid dienone is 10. The third-order valence-corrected chi connectivity index (χ3v) is 14.3. The molecule has 0 bridgehead atoms. The Morgan fingerprint density at radius 3 is 0.865 bits per heavy atom. The van der Waals surface area contributed by atoms with Crippen LogP contribution in [0.15, 0.2) is 60.8 Å². The number of esters is 3. The van der Waals surface area contributed by atoms with Gasteiger partial charge in [-0.2, -0.15) is 0 Å². The monoisotopic (exact) mass is 1030 g/mol. The molecule has 1 unspecified atom stereocenters. The number of carbonyl (C=O) groups is 3. The molecule has 6 nitrogen and oxygen atoms in total. The van der Waals surface area contributed by atoms with Crippen molar-refractivity contribution in [2.24, 2.45) is 0 Å². The Bertz CT molecular complexity index is 1330. The highest BCUT2D eigenvalue weighted by Crippen LogP contribution is 2.17. The molecule has 0 N–H and O–H groups in total. The van der Waals surface area contributed by atoms with Gasteiger partial charge in [-0.25, -0.2) is 0 Å². The molecule has 74 heavy (non-hydrogen) atoms. The zero-order valence-electron chi connectivity index (χ0n) is 49.4. The summed E-state index contributed by atoms with van der Waals surface area (Å²) in [5.41, 5.74) is 0. The van der Waals surface area contributed by atoms with Crippen LogP contribution in [0.4, 0.5) is 0 Å². The van der Waals surface area contributed by atoms with Crippen molar-refractivity contribution in [2.45, 2.75) is 341 Å². The van der Waals surface area contributed by atoms with Gasteiger partial charge in [0.25, 0.3) is 0 Å². The summed E-state index contributed by atoms with van der Waals surface area (Å²) in [6, 6.07) is 0. The minimum atomic E-state index is -0.790. The van der Waals surface area contributed by atoms with Gasteiger partial charge < -0.3 is 14.2 Å². The molecule has 430 valence electrons. The highest BCUT2D eigenvalue weighted by Gasteiger charge is 2.19. The SMILES string of the molecule is CC/C=C\C/C=C\C/C=C\C/C=C\CCCCC(=O)OCC(COC(=O)CCCCCCCCCCCCC/C=C\CCCCCCCCCC)OC(=O)CCCCCCCCCCCCCCCCCCCC. The lowest BCUT2D eigenvalue weighted by Crippen LogP contribution is -2.30. The van der Waals surface area contributed by atoms with Gasteiger partial charge in [-0.15, -0.1) is 0 Å². The van der Waals surface area contributed by atoms with Gasteiger partial charge in [-0.05, 0) is 83.5 Å². The Balaban J connectivity index is 4.34. The molecule has 6 heteroatoms. The van der Waals surface area contributed by atoms with Gasteiger partial charge in [0, 0.05) is 19.3 Å². The van der Waals surface area contributed by atoms with Gasteiger partial charge in [-0.3, -0.25) is 14.4 Å². The first-order chi connectivity index (χ1) is 36.5. The second-order valence-corrected chi connectivity index (χ2v) is 21.6. The van der Waals surface area contributed by atoms with Gasteiger partial charge >= 0.3 is 17.9 Å². The van der Waals surface area contributed by atoms with Gasteiger partial charge in [0.1, 0.15) is 13.2 Å². The smallest absolute Gasteiger partial charge is 0.306 e. The van der Waals surface area contributed by atoms with Crippen LogP contribution < -0.4 is 0 Å². The van der Waals surface area contributed by atoms with Crippen molar-refractivity contribution in [3.8, 4) is 0 Å². The molecular weight excluding hydrogens is 913 g/mol. The molecule has 1 atom stereocenters. The third-order valence-electron chi connectivity index (χ3n) is 14.3. The summed E-state index contributed by atoms with van der Waals surface area (Å²) < 4.78 is 16.9. The normalized spacial score (nSPS) is 12.4. The van der Waals surface area contributed by atoms with Gasteiger partial charge in [0.05, 0.1) is 0 Å². The number of hydrogen-bond acceptors (Lipinski definition) is 6. The zero-order valence-corrected chi connectivity index (χ0v) is 49.4. The first-order valence-corrected chi connectivity index (χ1v) is 32.3. The van der Waals surface area contributed by atoms with Crippen LogP contribution in [0, 0.1) is 0 Å². The fraction of sp³-hybridized carbons (Fsp3) is 0.809. The molecule has 0 amide bonds. The lowest BCUT2D eigenvalue weighted by molar-refractivity contribution is -0.167. The van der Waals surface area contributed by atoms with Gasteiger partial charge in [-0.1, -0.05) is 293 Å². The van der Waals surface area contributed by atoms with Crippen molar-refractivity contribution in [2.75, 3.05) is 13.2 Å². The Morgan fingerprint density at radius 1 is 0.284 bits per heavy atom. The van der Waals surface area contributed by atoms with E-state index in [0.29, 0.717) is 19.3 Å². The molecule has 0 saturated carbocycles. The summed E-state index contributed by atoms with van der Waals surface area (Å²) in [4.78, 5) is 38.3. The Morgan fingerprint density at radius 2 is 0.527 bits per heavy atom. The number of carbonyl (C=O) groups excluding carboxylic acids is 3. The minimum Gasteiger partial charge on any atom is -0.462 e. The van der Waals surface area contributed by atoms with Crippen molar-refractivity contribution >= 4 is 17.9 Å². The molecule has 0 aliphatic carbocycles. The average Bonchev–Trinajstić information content (AvgIpc) is 3.40. The lowest BCUT2D eigenvalue weighted by Gasteiger charge is -2.18. The van der Waals surface area contributed by atoms with E-state index in [0.717, 1.165) is 83.5 Å². The first kappa shape index (κ1) is 71.1. The van der Waals surface area contributed by atoms with Crippen LogP contribution in [-0.2, 0) is 28.6 Å². The molecule has 0 aromatic heterocycles. The molecule has 0 aliphatic heterocycles. The summed E-state index contributed by atoms with van der Waals surface area (Å²) in [5.74, 6) is -0.909. The molecular formula is C68H122O6. The van der Waals surface area contributed by atoms with Crippen molar-refractivity contribution in [3.63, 3.8) is 0 Å². The average molecular weight is 1040 g/mol. The molecule has 0 aliphatic rings. The van der Waals surface area contributed by atoms with Crippen molar-refractivity contribution < 1.29 is 28.6 Å². The molecule has 0 saturated heterocycles. The molecule has 0 aromatic rings. The number of ether oxygens (including phenoxy) is 3. The molecule has 0 heterocycles. The maximum absolute atomic E-state index is 12.9. The number of rotatable bonds is 59. The van der Waals surface area contributed by atoms with E-state index in [1.54, 1.807) is 0 Å². The predicted octanol–water partition coefficient (Wildman–Crippen LogP) is 21.9. The highest BCUT2D eigenvalue weighted by molar-refractivity contribution is 5.71. The fourth-order valence-corrected chi connectivity index (χ4v) is 9.43. The van der Waals surface area contributed by atoms with E-state index in [1.807, 2.05) is 0 Å². The minimum absolute atomic E-state index is 0.0845. The van der Waals surface area contributed by atoms with Crippen LogP contribution in [0.1, 0.15) is 335 Å². The predicted molar refractivity (Wildman–Crippen MR) is 321 cm³/mol. The molecule has 0 radical (unpaired) electrons. The Kier molecular flexibility index (Phi) is 60.2. The van der Waals surface area contributed by atoms with Crippen molar-refractivity contribution in [1.82, 2.24) is 0 Å². The third kappa shape index (κ3) is 60.0. The fourth-order valence-electron chi connectivity index (χ4n) is 9.43. The van der Waals surface area contributed by atoms with E-state index in [-0.39, 0.29) is 31.1 Å². The Hall–Kier alpha value is -2.89. The standard InChI is InChI=1S/C68H122O6/c1-4-7-10-13-16-19-22-25-28-30-32-33-34-35-36-38-40-43-46-49-52-55-58-61-67(70)73-64-65(63-72-66(69)60-57-54-51-48-45-42-39-27-24-21-18-15-12-9-6-3)74-68(71)62-59-56-53-50-47-44-41-37-31-29-26-23-20-17-14-11-8-5-2/h9,12,18,21,27,30,32,39,45,48,65H,4-8,10-11,13-17,19-20,22-26,28-29,31,33-38,40-44,46-47,49-64H2,1-3H3/b12-9-,21-18-,32-30-,39-27-,48-45-. The molecule has 0 spiro atoms. The van der Waals surface area contributed by atoms with Crippen LogP contribution in [0.25, 0.3) is 0 Å². The van der Waals surface area contributed by atoms with Crippen LogP contribution in [0.3, 0.4) is 0 Å². The van der Waals surface area contributed by atoms with Crippen LogP contribution >= 0.6 is 0 Å². The summed E-state index contributed by atoms with van der Waals surface area (Å²) in [6.45, 7) is 6.54. The highest BCUT2D eigenvalue weighted by atomic mass is 16.6. The van der Waals surface area contributed by atoms with Gasteiger partial charge in [0.15, 0.2) is 6.10 Å². The van der Waals surface area contributed by atoms with Crippen LogP contribution in [0.2, 0.25) is 0 Å². The van der Waals surface area contributed by atoms with E-state index in [2.05, 4.69) is 81.5 Å². The molecule has 0 rings (SSSR count). The van der Waals surface area contributed by atoms with Crippen molar-refractivity contribution in [3.05, 3.63) is 60.8 Å².